The van der Waals surface area contributed by atoms with E-state index in [4.69, 9.17) is 14.2 Å². The van der Waals surface area contributed by atoms with E-state index in [0.717, 1.165) is 17.6 Å². The average Bonchev–Trinajstić information content (AvgIpc) is 2.72. The smallest absolute Gasteiger partial charge is 0.229 e. The molecule has 7 nitrogen and oxygen atoms in total. The third-order valence-corrected chi connectivity index (χ3v) is 3.82. The van der Waals surface area contributed by atoms with Gasteiger partial charge in [0.15, 0.2) is 23.1 Å². The Hall–Kier alpha value is -3.55. The molecule has 1 aromatic heterocycles. The number of ether oxygens (including phenoxy) is 3. The molecule has 0 aliphatic carbocycles. The largest absolute Gasteiger partial charge is 0.494 e. The first kappa shape index (κ1) is 19.2. The lowest BCUT2D eigenvalue weighted by Gasteiger charge is -2.14. The number of rotatable bonds is 8. The van der Waals surface area contributed by atoms with Crippen LogP contribution in [0.25, 0.3) is 0 Å². The Morgan fingerprint density at radius 2 is 1.79 bits per heavy atom. The van der Waals surface area contributed by atoms with Gasteiger partial charge in [-0.25, -0.2) is 9.37 Å². The van der Waals surface area contributed by atoms with E-state index in [-0.39, 0.29) is 11.8 Å². The van der Waals surface area contributed by atoms with Crippen LogP contribution in [0, 0.1) is 5.82 Å². The highest BCUT2D eigenvalue weighted by molar-refractivity contribution is 5.69. The molecule has 146 valence electrons. The number of nitrogens with zero attached hydrogens (tertiary/aromatic N) is 2. The zero-order valence-corrected chi connectivity index (χ0v) is 15.8. The molecule has 0 amide bonds. The van der Waals surface area contributed by atoms with Crippen molar-refractivity contribution in [3.63, 3.8) is 0 Å². The first-order chi connectivity index (χ1) is 13.6. The molecule has 28 heavy (non-hydrogen) atoms. The topological polar surface area (TPSA) is 77.5 Å². The van der Waals surface area contributed by atoms with Gasteiger partial charge in [0.25, 0.3) is 0 Å². The van der Waals surface area contributed by atoms with E-state index in [9.17, 15) is 4.39 Å². The summed E-state index contributed by atoms with van der Waals surface area (Å²) in [6.45, 7) is 2.51. The molecule has 2 N–H and O–H groups in total. The van der Waals surface area contributed by atoms with E-state index in [1.165, 1.54) is 14.2 Å². The standard InChI is InChI=1S/C20H21FN4O3/c1-4-28-14-10-8-13(9-11-14)23-20-22-12-15(21)19(25-20)24-16-6-5-7-17(26-2)18(16)27-3/h5-12H,4H2,1-3H3,(H2,22,23,24,25). The number of benzene rings is 2. The SMILES string of the molecule is CCOc1ccc(Nc2ncc(F)c(Nc3cccc(OC)c3OC)n2)cc1. The van der Waals surface area contributed by atoms with Crippen molar-refractivity contribution in [2.75, 3.05) is 31.5 Å². The summed E-state index contributed by atoms with van der Waals surface area (Å²) in [5.74, 6) is 1.39. The van der Waals surface area contributed by atoms with Gasteiger partial charge in [0.05, 0.1) is 32.7 Å². The van der Waals surface area contributed by atoms with Crippen molar-refractivity contribution in [2.45, 2.75) is 6.92 Å². The summed E-state index contributed by atoms with van der Waals surface area (Å²) in [5, 5.41) is 5.96. The maximum Gasteiger partial charge on any atom is 0.229 e. The minimum absolute atomic E-state index is 0.00925. The molecule has 0 spiro atoms. The highest BCUT2D eigenvalue weighted by Gasteiger charge is 2.13. The molecule has 1 heterocycles. The van der Waals surface area contributed by atoms with Gasteiger partial charge in [0, 0.05) is 5.69 Å². The van der Waals surface area contributed by atoms with Crippen molar-refractivity contribution in [3.8, 4) is 17.2 Å². The van der Waals surface area contributed by atoms with E-state index in [1.807, 2.05) is 31.2 Å². The summed E-state index contributed by atoms with van der Waals surface area (Å²) in [7, 11) is 3.05. The first-order valence-electron chi connectivity index (χ1n) is 8.65. The van der Waals surface area contributed by atoms with Gasteiger partial charge in [-0.3, -0.25) is 0 Å². The maximum absolute atomic E-state index is 14.2. The summed E-state index contributed by atoms with van der Waals surface area (Å²) in [5.41, 5.74) is 1.27. The van der Waals surface area contributed by atoms with Gasteiger partial charge in [-0.2, -0.15) is 4.98 Å². The van der Waals surface area contributed by atoms with E-state index in [0.29, 0.717) is 23.8 Å². The summed E-state index contributed by atoms with van der Waals surface area (Å²) in [6, 6.07) is 12.6. The minimum atomic E-state index is -0.595. The predicted molar refractivity (Wildman–Crippen MR) is 106 cm³/mol. The van der Waals surface area contributed by atoms with Crippen molar-refractivity contribution < 1.29 is 18.6 Å². The summed E-state index contributed by atoms with van der Waals surface area (Å²) in [6.07, 6.45) is 1.10. The zero-order chi connectivity index (χ0) is 19.9. The molecule has 0 bridgehead atoms. The highest BCUT2D eigenvalue weighted by Crippen LogP contribution is 2.36. The molecule has 0 saturated heterocycles. The molecular weight excluding hydrogens is 363 g/mol. The zero-order valence-electron chi connectivity index (χ0n) is 15.8. The van der Waals surface area contributed by atoms with Crippen LogP contribution in [0.5, 0.6) is 17.2 Å². The third kappa shape index (κ3) is 4.40. The van der Waals surface area contributed by atoms with Gasteiger partial charge in [-0.15, -0.1) is 0 Å². The molecule has 0 atom stereocenters. The fourth-order valence-electron chi connectivity index (χ4n) is 2.56. The van der Waals surface area contributed by atoms with Gasteiger partial charge in [0.2, 0.25) is 5.95 Å². The number of para-hydroxylation sites is 1. The van der Waals surface area contributed by atoms with Crippen molar-refractivity contribution in [1.29, 1.82) is 0 Å². The quantitative estimate of drug-likeness (QED) is 0.591. The molecule has 3 aromatic rings. The molecule has 0 unspecified atom stereocenters. The Balaban J connectivity index is 1.82. The normalized spacial score (nSPS) is 10.3. The van der Waals surface area contributed by atoms with Gasteiger partial charge >= 0.3 is 0 Å². The average molecular weight is 384 g/mol. The first-order valence-corrected chi connectivity index (χ1v) is 8.65. The van der Waals surface area contributed by atoms with Crippen LogP contribution in [0.15, 0.2) is 48.7 Å². The molecule has 2 aromatic carbocycles. The monoisotopic (exact) mass is 384 g/mol. The minimum Gasteiger partial charge on any atom is -0.494 e. The van der Waals surface area contributed by atoms with Crippen LogP contribution in [0.2, 0.25) is 0 Å². The van der Waals surface area contributed by atoms with Crippen molar-refractivity contribution in [3.05, 3.63) is 54.5 Å². The van der Waals surface area contributed by atoms with Crippen LogP contribution in [-0.4, -0.2) is 30.8 Å². The summed E-state index contributed by atoms with van der Waals surface area (Å²) in [4.78, 5) is 8.20. The maximum atomic E-state index is 14.2. The van der Waals surface area contributed by atoms with E-state index in [2.05, 4.69) is 20.6 Å². The van der Waals surface area contributed by atoms with Crippen LogP contribution in [-0.2, 0) is 0 Å². The Kier molecular flexibility index (Phi) is 6.11. The Bertz CT molecular complexity index is 935. The number of hydrogen-bond donors (Lipinski definition) is 2. The molecular formula is C20H21FN4O3. The second kappa shape index (κ2) is 8.90. The van der Waals surface area contributed by atoms with Crippen LogP contribution in [0.3, 0.4) is 0 Å². The molecule has 0 aliphatic rings. The van der Waals surface area contributed by atoms with Gasteiger partial charge in [0.1, 0.15) is 5.75 Å². The Labute approximate surface area is 162 Å². The lowest BCUT2D eigenvalue weighted by atomic mass is 10.2. The van der Waals surface area contributed by atoms with E-state index in [1.54, 1.807) is 18.2 Å². The fourth-order valence-corrected chi connectivity index (χ4v) is 2.56. The Morgan fingerprint density at radius 1 is 1.00 bits per heavy atom. The molecule has 0 saturated carbocycles. The number of anilines is 4. The van der Waals surface area contributed by atoms with Crippen LogP contribution in [0.1, 0.15) is 6.92 Å². The van der Waals surface area contributed by atoms with Crippen molar-refractivity contribution >= 4 is 23.1 Å². The molecule has 0 fully saturated rings. The van der Waals surface area contributed by atoms with Crippen molar-refractivity contribution in [2.24, 2.45) is 0 Å². The lowest BCUT2D eigenvalue weighted by Crippen LogP contribution is -2.04. The number of methoxy groups -OCH3 is 2. The second-order valence-corrected chi connectivity index (χ2v) is 5.64. The van der Waals surface area contributed by atoms with Crippen molar-refractivity contribution in [1.82, 2.24) is 9.97 Å². The lowest BCUT2D eigenvalue weighted by molar-refractivity contribution is 0.340. The number of hydrogen-bond acceptors (Lipinski definition) is 7. The summed E-state index contributed by atoms with van der Waals surface area (Å²) >= 11 is 0. The number of aromatic nitrogens is 2. The van der Waals surface area contributed by atoms with E-state index >= 15 is 0 Å². The molecule has 0 radical (unpaired) electrons. The fraction of sp³-hybridized carbons (Fsp3) is 0.200. The number of nitrogens with one attached hydrogen (secondary N) is 2. The predicted octanol–water partition coefficient (Wildman–Crippen LogP) is 4.52. The van der Waals surface area contributed by atoms with Gasteiger partial charge < -0.3 is 24.8 Å². The van der Waals surface area contributed by atoms with Crippen LogP contribution in [0.4, 0.5) is 27.5 Å². The Morgan fingerprint density at radius 3 is 2.46 bits per heavy atom. The molecule has 3 rings (SSSR count). The highest BCUT2D eigenvalue weighted by atomic mass is 19.1. The van der Waals surface area contributed by atoms with Gasteiger partial charge in [-0.1, -0.05) is 6.07 Å². The van der Waals surface area contributed by atoms with Crippen LogP contribution < -0.4 is 24.8 Å². The molecule has 8 heteroatoms. The molecule has 0 aliphatic heterocycles. The van der Waals surface area contributed by atoms with Crippen LogP contribution >= 0.6 is 0 Å². The van der Waals surface area contributed by atoms with Gasteiger partial charge in [-0.05, 0) is 43.3 Å². The third-order valence-electron chi connectivity index (χ3n) is 3.82. The van der Waals surface area contributed by atoms with E-state index < -0.39 is 5.82 Å². The number of halogens is 1. The summed E-state index contributed by atoms with van der Waals surface area (Å²) < 4.78 is 30.3. The second-order valence-electron chi connectivity index (χ2n) is 5.64.